The average Bonchev–Trinajstić information content (AvgIpc) is 2.99. The molecular formula is C21H24N2O2. The fraction of sp³-hybridized carbons (Fsp3) is 0.333. The highest BCUT2D eigenvalue weighted by molar-refractivity contribution is 5.52. The van der Waals surface area contributed by atoms with E-state index in [2.05, 4.69) is 35.5 Å². The van der Waals surface area contributed by atoms with Crippen LogP contribution in [0, 0.1) is 0 Å². The fourth-order valence-electron chi connectivity index (χ4n) is 4.36. The Morgan fingerprint density at radius 1 is 1.36 bits per heavy atom. The van der Waals surface area contributed by atoms with E-state index in [4.69, 9.17) is 4.74 Å². The minimum Gasteiger partial charge on any atom is -0.504 e. The maximum Gasteiger partial charge on any atom is 0.165 e. The Labute approximate surface area is 147 Å². The summed E-state index contributed by atoms with van der Waals surface area (Å²) < 4.78 is 5.46. The smallest absolute Gasteiger partial charge is 0.165 e. The summed E-state index contributed by atoms with van der Waals surface area (Å²) in [4.78, 5) is 6.14. The fourth-order valence-corrected chi connectivity index (χ4v) is 4.36. The molecule has 1 atom stereocenters. The van der Waals surface area contributed by atoms with E-state index in [0.717, 1.165) is 31.5 Å². The molecule has 1 aromatic heterocycles. The average molecular weight is 336 g/mol. The van der Waals surface area contributed by atoms with Gasteiger partial charge in [-0.1, -0.05) is 30.9 Å². The first-order valence-electron chi connectivity index (χ1n) is 8.79. The summed E-state index contributed by atoms with van der Waals surface area (Å²) >= 11 is 0. The van der Waals surface area contributed by atoms with Crippen molar-refractivity contribution in [3.05, 3.63) is 57.7 Å². The van der Waals surface area contributed by atoms with Crippen LogP contribution in [0.4, 0.5) is 0 Å². The second-order valence-electron chi connectivity index (χ2n) is 6.73. The van der Waals surface area contributed by atoms with Gasteiger partial charge >= 0.3 is 0 Å². The van der Waals surface area contributed by atoms with Gasteiger partial charge in [-0.25, -0.2) is 0 Å². The quantitative estimate of drug-likeness (QED) is 0.883. The molecular weight excluding hydrogens is 312 g/mol. The van der Waals surface area contributed by atoms with Gasteiger partial charge in [0, 0.05) is 34.9 Å². The second kappa shape index (κ2) is 6.12. The summed E-state index contributed by atoms with van der Waals surface area (Å²) in [5.41, 5.74) is 5.12. The van der Waals surface area contributed by atoms with E-state index in [1.165, 1.54) is 27.4 Å². The number of hydrogen-bond acceptors (Lipinski definition) is 3. The molecule has 2 aliphatic heterocycles. The first-order chi connectivity index (χ1) is 12.2. The minimum absolute atomic E-state index is 0.225. The number of aromatic amines is 1. The molecule has 0 aliphatic carbocycles. The number of ether oxygens (including phenoxy) is 1. The summed E-state index contributed by atoms with van der Waals surface area (Å²) in [6.07, 6.45) is 8.06. The Morgan fingerprint density at radius 3 is 2.92 bits per heavy atom. The lowest BCUT2D eigenvalue weighted by atomic mass is 9.87. The van der Waals surface area contributed by atoms with Crippen molar-refractivity contribution in [2.24, 2.45) is 0 Å². The van der Waals surface area contributed by atoms with Crippen molar-refractivity contribution in [3.63, 3.8) is 0 Å². The van der Waals surface area contributed by atoms with Crippen LogP contribution in [-0.2, 0) is 19.4 Å². The third-order valence-corrected chi connectivity index (χ3v) is 5.52. The van der Waals surface area contributed by atoms with Gasteiger partial charge in [-0.05, 0) is 37.0 Å². The van der Waals surface area contributed by atoms with Gasteiger partial charge in [0.2, 0.25) is 0 Å². The number of nitrogens with one attached hydrogen (secondary N) is 1. The van der Waals surface area contributed by atoms with Crippen LogP contribution < -0.4 is 15.3 Å². The maximum atomic E-state index is 10.1. The topological polar surface area (TPSA) is 48.5 Å². The Balaban J connectivity index is 1.84. The van der Waals surface area contributed by atoms with Crippen LogP contribution in [0.15, 0.2) is 24.8 Å². The van der Waals surface area contributed by atoms with E-state index in [1.807, 2.05) is 12.1 Å². The number of H-pyrrole nitrogens is 1. The Morgan fingerprint density at radius 2 is 2.20 bits per heavy atom. The highest BCUT2D eigenvalue weighted by atomic mass is 16.5. The summed E-state index contributed by atoms with van der Waals surface area (Å²) in [7, 11) is 1.63. The lowest BCUT2D eigenvalue weighted by Gasteiger charge is -2.40. The molecule has 3 heterocycles. The molecule has 4 heteroatoms. The molecule has 0 fully saturated rings. The molecule has 25 heavy (non-hydrogen) atoms. The highest BCUT2D eigenvalue weighted by Crippen LogP contribution is 2.42. The first kappa shape index (κ1) is 16.0. The van der Waals surface area contributed by atoms with Gasteiger partial charge < -0.3 is 14.8 Å². The van der Waals surface area contributed by atoms with Crippen molar-refractivity contribution in [2.45, 2.75) is 32.4 Å². The number of aromatic hydroxyl groups is 1. The van der Waals surface area contributed by atoms with Crippen molar-refractivity contribution >= 4 is 12.2 Å². The summed E-state index contributed by atoms with van der Waals surface area (Å²) in [6.45, 7) is 7.75. The lowest BCUT2D eigenvalue weighted by molar-refractivity contribution is 0.154. The zero-order chi connectivity index (χ0) is 17.6. The van der Waals surface area contributed by atoms with Crippen LogP contribution >= 0.6 is 0 Å². The number of methoxy groups -OCH3 is 1. The van der Waals surface area contributed by atoms with Gasteiger partial charge in [-0.2, -0.15) is 0 Å². The number of nitrogens with zero attached hydrogens (tertiary/aromatic N) is 1. The highest BCUT2D eigenvalue weighted by Gasteiger charge is 2.35. The van der Waals surface area contributed by atoms with Crippen LogP contribution in [0.2, 0.25) is 0 Å². The predicted octanol–water partition coefficient (Wildman–Crippen LogP) is 2.15. The van der Waals surface area contributed by atoms with Gasteiger partial charge in [0.25, 0.3) is 0 Å². The molecule has 0 unspecified atom stereocenters. The van der Waals surface area contributed by atoms with Crippen LogP contribution in [-0.4, -0.2) is 28.6 Å². The van der Waals surface area contributed by atoms with E-state index in [1.54, 1.807) is 13.2 Å². The number of aromatic nitrogens is 1. The van der Waals surface area contributed by atoms with Gasteiger partial charge in [0.1, 0.15) is 0 Å². The standard InChI is InChI=1S/C21H24N2O2/c1-4-6-14-15-9-10-23-12-16-13(7-8-19(24)21(16)25-3)11-18(23)20(15)22-17(14)5-2/h4-8,18,22,24H,1,9-12H2,2-3H3/b14-6-,17-5+/t18-/m0/s1. The maximum absolute atomic E-state index is 10.1. The molecule has 4 nitrogen and oxygen atoms in total. The first-order valence-corrected chi connectivity index (χ1v) is 8.79. The van der Waals surface area contributed by atoms with Crippen LogP contribution in [0.1, 0.15) is 35.3 Å². The zero-order valence-electron chi connectivity index (χ0n) is 14.8. The van der Waals surface area contributed by atoms with E-state index in [-0.39, 0.29) is 5.75 Å². The summed E-state index contributed by atoms with van der Waals surface area (Å²) in [5.74, 6) is 0.847. The van der Waals surface area contributed by atoms with E-state index in [0.29, 0.717) is 11.8 Å². The summed E-state index contributed by atoms with van der Waals surface area (Å²) in [6, 6.07) is 4.12. The van der Waals surface area contributed by atoms with E-state index >= 15 is 0 Å². The van der Waals surface area contributed by atoms with Crippen LogP contribution in [0.5, 0.6) is 11.5 Å². The van der Waals surface area contributed by atoms with Gasteiger partial charge in [0.15, 0.2) is 11.5 Å². The third kappa shape index (κ3) is 2.40. The van der Waals surface area contributed by atoms with E-state index < -0.39 is 0 Å². The number of hydrogen-bond donors (Lipinski definition) is 2. The van der Waals surface area contributed by atoms with Crippen molar-refractivity contribution in [1.82, 2.24) is 9.88 Å². The van der Waals surface area contributed by atoms with E-state index in [9.17, 15) is 5.11 Å². The van der Waals surface area contributed by atoms with Crippen molar-refractivity contribution in [3.8, 4) is 11.5 Å². The number of allylic oxidation sites excluding steroid dienone is 1. The molecule has 0 amide bonds. The molecule has 0 saturated carbocycles. The second-order valence-corrected chi connectivity index (χ2v) is 6.73. The lowest BCUT2D eigenvalue weighted by Crippen LogP contribution is -2.40. The number of fused-ring (bicyclic) bond motifs is 4. The minimum atomic E-state index is 0.225. The molecule has 4 rings (SSSR count). The Bertz CT molecular complexity index is 955. The zero-order valence-corrected chi connectivity index (χ0v) is 14.8. The molecule has 1 aromatic carbocycles. The van der Waals surface area contributed by atoms with Crippen molar-refractivity contribution in [1.29, 1.82) is 0 Å². The van der Waals surface area contributed by atoms with Crippen LogP contribution in [0.3, 0.4) is 0 Å². The number of benzene rings is 1. The molecule has 2 aliphatic rings. The number of phenols is 1. The molecule has 130 valence electrons. The molecule has 0 saturated heterocycles. The Hall–Kier alpha value is -2.46. The van der Waals surface area contributed by atoms with Gasteiger partial charge in [0.05, 0.1) is 13.2 Å². The predicted molar refractivity (Wildman–Crippen MR) is 100 cm³/mol. The molecule has 0 radical (unpaired) electrons. The normalized spacial score (nSPS) is 20.8. The molecule has 2 aromatic rings. The van der Waals surface area contributed by atoms with Gasteiger partial charge in [-0.15, -0.1) is 0 Å². The monoisotopic (exact) mass is 336 g/mol. The SMILES string of the molecule is C=C/C=c1/c2c([nH]/c1=C/C)[C@@H]1Cc3ccc(O)c(OC)c3CN1CC2. The molecule has 0 spiro atoms. The van der Waals surface area contributed by atoms with Crippen molar-refractivity contribution < 1.29 is 9.84 Å². The largest absolute Gasteiger partial charge is 0.504 e. The molecule has 2 N–H and O–H groups in total. The van der Waals surface area contributed by atoms with Crippen molar-refractivity contribution in [2.75, 3.05) is 13.7 Å². The third-order valence-electron chi connectivity index (χ3n) is 5.52. The van der Waals surface area contributed by atoms with Gasteiger partial charge in [-0.3, -0.25) is 4.90 Å². The Kier molecular flexibility index (Phi) is 3.92. The molecule has 0 bridgehead atoms. The summed E-state index contributed by atoms with van der Waals surface area (Å²) in [5, 5.41) is 12.5. The number of phenolic OH excluding ortho intramolecular Hbond substituents is 1. The van der Waals surface area contributed by atoms with Crippen LogP contribution in [0.25, 0.3) is 12.2 Å². The number of rotatable bonds is 2.